The van der Waals surface area contributed by atoms with Gasteiger partial charge in [0.05, 0.1) is 11.1 Å². The highest BCUT2D eigenvalue weighted by molar-refractivity contribution is 8.02. The number of halogens is 3. The smallest absolute Gasteiger partial charge is 0.365 e. The SMILES string of the molecule is C1=CSCC1.Cc1c(C(F)(F)F)ccc2cc(C(N)=O)c(=O)[nH]c12. The number of thioether (sulfide) groups is 1. The predicted octanol–water partition coefficient (Wildman–Crippen LogP) is 3.59. The summed E-state index contributed by atoms with van der Waals surface area (Å²) < 4.78 is 38.2. The molecule has 1 aromatic carbocycles. The van der Waals surface area contributed by atoms with Crippen LogP contribution in [-0.4, -0.2) is 16.6 Å². The number of H-pyrrole nitrogens is 1. The Morgan fingerprint density at radius 1 is 1.33 bits per heavy atom. The molecule has 24 heavy (non-hydrogen) atoms. The Bertz CT molecular complexity index is 851. The Balaban J connectivity index is 0.000000355. The van der Waals surface area contributed by atoms with Crippen molar-refractivity contribution in [2.45, 2.75) is 19.5 Å². The van der Waals surface area contributed by atoms with Crippen LogP contribution in [0.2, 0.25) is 0 Å². The summed E-state index contributed by atoms with van der Waals surface area (Å²) in [5.41, 5.74) is 3.03. The minimum absolute atomic E-state index is 0.0461. The van der Waals surface area contributed by atoms with Crippen molar-refractivity contribution in [3.8, 4) is 0 Å². The second kappa shape index (κ2) is 7.12. The molecule has 3 rings (SSSR count). The summed E-state index contributed by atoms with van der Waals surface area (Å²) >= 11 is 1.89. The molecule has 0 atom stereocenters. The number of pyridine rings is 1. The molecule has 0 aliphatic carbocycles. The first kappa shape index (κ1) is 18.1. The second-order valence-electron chi connectivity index (χ2n) is 5.11. The molecular weight excluding hydrogens is 341 g/mol. The first-order valence-electron chi connectivity index (χ1n) is 7.02. The van der Waals surface area contributed by atoms with Crippen molar-refractivity contribution in [3.05, 3.63) is 56.7 Å². The van der Waals surface area contributed by atoms with E-state index in [1.165, 1.54) is 31.2 Å². The fraction of sp³-hybridized carbons (Fsp3) is 0.250. The number of nitrogens with one attached hydrogen (secondary N) is 1. The van der Waals surface area contributed by atoms with Crippen molar-refractivity contribution in [2.75, 3.05) is 5.75 Å². The molecule has 0 saturated heterocycles. The van der Waals surface area contributed by atoms with E-state index in [1.54, 1.807) is 0 Å². The standard InChI is InChI=1S/C12H9F3N2O2.C4H6S/c1-5-8(12(13,14)15)3-2-6-4-7(10(16)18)11(19)17-9(5)6;1-2-4-5-3-1/h2-4H,1H3,(H2,16,18)(H,17,19);1,3H,2,4H2. The van der Waals surface area contributed by atoms with Gasteiger partial charge in [-0.05, 0) is 41.8 Å². The number of aryl methyl sites for hydroxylation is 1. The van der Waals surface area contributed by atoms with Crippen LogP contribution in [0.4, 0.5) is 13.2 Å². The summed E-state index contributed by atoms with van der Waals surface area (Å²) in [4.78, 5) is 24.8. The largest absolute Gasteiger partial charge is 0.416 e. The number of fused-ring (bicyclic) bond motifs is 1. The van der Waals surface area contributed by atoms with Crippen molar-refractivity contribution in [1.82, 2.24) is 4.98 Å². The number of hydrogen-bond acceptors (Lipinski definition) is 3. The Hall–Kier alpha value is -2.22. The van der Waals surface area contributed by atoms with Gasteiger partial charge in [0.25, 0.3) is 11.5 Å². The topological polar surface area (TPSA) is 76.0 Å². The van der Waals surface area contributed by atoms with Crippen molar-refractivity contribution < 1.29 is 18.0 Å². The number of aromatic amines is 1. The van der Waals surface area contributed by atoms with Crippen LogP contribution in [0.25, 0.3) is 10.9 Å². The highest BCUT2D eigenvalue weighted by atomic mass is 32.2. The maximum atomic E-state index is 12.7. The van der Waals surface area contributed by atoms with E-state index in [4.69, 9.17) is 5.73 Å². The second-order valence-corrected chi connectivity index (χ2v) is 6.12. The average Bonchev–Trinajstić information content (AvgIpc) is 3.05. The molecule has 1 amide bonds. The molecule has 0 bridgehead atoms. The van der Waals surface area contributed by atoms with Crippen molar-refractivity contribution in [3.63, 3.8) is 0 Å². The van der Waals surface area contributed by atoms with E-state index in [0.29, 0.717) is 5.39 Å². The first-order valence-corrected chi connectivity index (χ1v) is 8.07. The maximum Gasteiger partial charge on any atom is 0.416 e. The third-order valence-electron chi connectivity index (χ3n) is 3.45. The molecule has 2 aromatic rings. The highest BCUT2D eigenvalue weighted by Crippen LogP contribution is 2.34. The normalized spacial score (nSPS) is 13.7. The third-order valence-corrected chi connectivity index (χ3v) is 4.30. The molecule has 0 radical (unpaired) electrons. The van der Waals surface area contributed by atoms with E-state index in [2.05, 4.69) is 16.5 Å². The summed E-state index contributed by atoms with van der Waals surface area (Å²) in [7, 11) is 0. The number of allylic oxidation sites excluding steroid dienone is 1. The zero-order chi connectivity index (χ0) is 17.9. The highest BCUT2D eigenvalue weighted by Gasteiger charge is 2.33. The molecule has 2 heterocycles. The zero-order valence-corrected chi connectivity index (χ0v) is 13.6. The van der Waals surface area contributed by atoms with Crippen LogP contribution in [0.1, 0.15) is 27.9 Å². The third kappa shape index (κ3) is 4.00. The van der Waals surface area contributed by atoms with Crippen LogP contribution < -0.4 is 11.3 Å². The predicted molar refractivity (Wildman–Crippen MR) is 89.0 cm³/mol. The minimum atomic E-state index is -4.50. The van der Waals surface area contributed by atoms with Gasteiger partial charge in [-0.25, -0.2) is 0 Å². The van der Waals surface area contributed by atoms with Crippen molar-refractivity contribution >= 4 is 28.6 Å². The summed E-state index contributed by atoms with van der Waals surface area (Å²) in [5, 5.41) is 2.47. The van der Waals surface area contributed by atoms with Gasteiger partial charge in [0, 0.05) is 5.75 Å². The Kier molecular flexibility index (Phi) is 5.38. The monoisotopic (exact) mass is 356 g/mol. The average molecular weight is 356 g/mol. The Labute approximate surface area is 139 Å². The van der Waals surface area contributed by atoms with E-state index < -0.39 is 23.2 Å². The molecule has 8 heteroatoms. The van der Waals surface area contributed by atoms with Gasteiger partial charge < -0.3 is 10.7 Å². The van der Waals surface area contributed by atoms with Crippen LogP contribution >= 0.6 is 11.8 Å². The van der Waals surface area contributed by atoms with Crippen LogP contribution in [0.5, 0.6) is 0 Å². The summed E-state index contributed by atoms with van der Waals surface area (Å²) in [6.45, 7) is 1.25. The van der Waals surface area contributed by atoms with Crippen LogP contribution in [0.3, 0.4) is 0 Å². The lowest BCUT2D eigenvalue weighted by molar-refractivity contribution is -0.137. The fourth-order valence-electron chi connectivity index (χ4n) is 2.25. The number of carbonyl (C=O) groups is 1. The first-order chi connectivity index (χ1) is 11.2. The maximum absolute atomic E-state index is 12.7. The molecule has 0 fully saturated rings. The summed E-state index contributed by atoms with van der Waals surface area (Å²) in [6.07, 6.45) is -1.02. The van der Waals surface area contributed by atoms with Crippen molar-refractivity contribution in [2.24, 2.45) is 5.73 Å². The van der Waals surface area contributed by atoms with E-state index in [9.17, 15) is 22.8 Å². The number of amides is 1. The molecule has 0 saturated carbocycles. The molecule has 128 valence electrons. The molecule has 1 aromatic heterocycles. The van der Waals surface area contributed by atoms with Crippen LogP contribution in [0, 0.1) is 6.92 Å². The molecule has 1 aliphatic rings. The number of rotatable bonds is 1. The van der Waals surface area contributed by atoms with Crippen molar-refractivity contribution in [1.29, 1.82) is 0 Å². The van der Waals surface area contributed by atoms with Gasteiger partial charge in [-0.2, -0.15) is 13.2 Å². The number of aromatic nitrogens is 1. The molecular formula is C16H15F3N2O2S. The van der Waals surface area contributed by atoms with Gasteiger partial charge in [0.2, 0.25) is 0 Å². The minimum Gasteiger partial charge on any atom is -0.365 e. The Morgan fingerprint density at radius 2 is 2.04 bits per heavy atom. The van der Waals surface area contributed by atoms with Gasteiger partial charge in [0.15, 0.2) is 0 Å². The number of alkyl halides is 3. The number of primary amides is 1. The van der Waals surface area contributed by atoms with Gasteiger partial charge in [-0.1, -0.05) is 12.1 Å². The van der Waals surface area contributed by atoms with Gasteiger partial charge >= 0.3 is 6.18 Å². The summed E-state index contributed by atoms with van der Waals surface area (Å²) in [6, 6.07) is 3.28. The zero-order valence-electron chi connectivity index (χ0n) is 12.7. The number of benzene rings is 1. The molecule has 4 nitrogen and oxygen atoms in total. The van der Waals surface area contributed by atoms with Gasteiger partial charge in [0.1, 0.15) is 5.56 Å². The van der Waals surface area contributed by atoms with E-state index in [-0.39, 0.29) is 16.6 Å². The van der Waals surface area contributed by atoms with Gasteiger partial charge in [-0.15, -0.1) is 11.8 Å². The lowest BCUT2D eigenvalue weighted by Gasteiger charge is -2.12. The molecule has 0 spiro atoms. The quantitative estimate of drug-likeness (QED) is 0.820. The van der Waals surface area contributed by atoms with Crippen LogP contribution in [0.15, 0.2) is 34.5 Å². The Morgan fingerprint density at radius 3 is 2.50 bits per heavy atom. The lowest BCUT2D eigenvalue weighted by atomic mass is 10.0. The van der Waals surface area contributed by atoms with E-state index >= 15 is 0 Å². The number of nitrogens with two attached hydrogens (primary N) is 1. The molecule has 3 N–H and O–H groups in total. The summed E-state index contributed by atoms with van der Waals surface area (Å²) in [5.74, 6) is 0.376. The lowest BCUT2D eigenvalue weighted by Crippen LogP contribution is -2.23. The van der Waals surface area contributed by atoms with Crippen LogP contribution in [-0.2, 0) is 6.18 Å². The molecule has 0 unspecified atom stereocenters. The van der Waals surface area contributed by atoms with E-state index in [1.807, 2.05) is 11.8 Å². The number of carbonyl (C=O) groups excluding carboxylic acids is 1. The molecule has 1 aliphatic heterocycles. The van der Waals surface area contributed by atoms with Gasteiger partial charge in [-0.3, -0.25) is 9.59 Å². The fourth-order valence-corrected chi connectivity index (χ4v) is 2.93. The van der Waals surface area contributed by atoms with E-state index in [0.717, 1.165) is 6.07 Å². The number of hydrogen-bond donors (Lipinski definition) is 2.